The van der Waals surface area contributed by atoms with Crippen LogP contribution in [0.5, 0.6) is 0 Å². The second-order valence-electron chi connectivity index (χ2n) is 3.84. The molecule has 0 bridgehead atoms. The molecule has 0 amide bonds. The molecule has 0 saturated carbocycles. The van der Waals surface area contributed by atoms with Gasteiger partial charge in [-0.15, -0.1) is 0 Å². The van der Waals surface area contributed by atoms with Gasteiger partial charge in [-0.25, -0.2) is 8.42 Å². The van der Waals surface area contributed by atoms with Crippen molar-refractivity contribution in [2.75, 3.05) is 18.8 Å². The zero-order chi connectivity index (χ0) is 11.8. The summed E-state index contributed by atoms with van der Waals surface area (Å²) in [5, 5.41) is 9.34. The highest BCUT2D eigenvalue weighted by Crippen LogP contribution is 2.24. The van der Waals surface area contributed by atoms with Gasteiger partial charge >= 0.3 is 0 Å². The number of sulfonamides is 1. The molecule has 88 valence electrons. The first kappa shape index (κ1) is 11.4. The topological polar surface area (TPSA) is 83.6 Å². The Morgan fingerprint density at radius 1 is 1.38 bits per heavy atom. The second-order valence-corrected chi connectivity index (χ2v) is 5.75. The number of hydrogen-bond acceptors (Lipinski definition) is 4. The summed E-state index contributed by atoms with van der Waals surface area (Å²) < 4.78 is 25.5. The van der Waals surface area contributed by atoms with Crippen molar-refractivity contribution in [3.8, 4) is 0 Å². The van der Waals surface area contributed by atoms with E-state index in [-0.39, 0.29) is 17.1 Å². The van der Waals surface area contributed by atoms with E-state index in [1.54, 1.807) is 18.2 Å². The Morgan fingerprint density at radius 3 is 2.62 bits per heavy atom. The largest absolute Gasteiger partial charge is 0.398 e. The van der Waals surface area contributed by atoms with E-state index in [9.17, 15) is 13.5 Å². The Morgan fingerprint density at radius 2 is 2.06 bits per heavy atom. The van der Waals surface area contributed by atoms with Gasteiger partial charge in [0.2, 0.25) is 10.0 Å². The Labute approximate surface area is 94.5 Å². The molecule has 1 aromatic carbocycles. The molecule has 0 spiro atoms. The van der Waals surface area contributed by atoms with Crippen molar-refractivity contribution in [2.24, 2.45) is 0 Å². The molecule has 0 aromatic heterocycles. The van der Waals surface area contributed by atoms with E-state index in [1.807, 2.05) is 0 Å². The summed E-state index contributed by atoms with van der Waals surface area (Å²) in [6, 6.07) is 6.36. The van der Waals surface area contributed by atoms with Gasteiger partial charge < -0.3 is 10.8 Å². The molecular formula is C10H14N2O3S. The van der Waals surface area contributed by atoms with E-state index in [0.29, 0.717) is 13.0 Å². The van der Waals surface area contributed by atoms with Gasteiger partial charge in [-0.2, -0.15) is 4.31 Å². The highest BCUT2D eigenvalue weighted by Gasteiger charge is 2.32. The third-order valence-electron chi connectivity index (χ3n) is 2.66. The molecule has 1 heterocycles. The predicted molar refractivity (Wildman–Crippen MR) is 60.2 cm³/mol. The summed E-state index contributed by atoms with van der Waals surface area (Å²) in [4.78, 5) is 0.115. The van der Waals surface area contributed by atoms with Gasteiger partial charge in [0.15, 0.2) is 0 Å². The van der Waals surface area contributed by atoms with Gasteiger partial charge in [0, 0.05) is 13.1 Å². The van der Waals surface area contributed by atoms with Crippen molar-refractivity contribution in [3.63, 3.8) is 0 Å². The lowest BCUT2D eigenvalue weighted by Crippen LogP contribution is -2.30. The number of aliphatic hydroxyl groups excluding tert-OH is 1. The number of nitrogens with zero attached hydrogens (tertiary/aromatic N) is 1. The van der Waals surface area contributed by atoms with Crippen LogP contribution in [0.15, 0.2) is 29.2 Å². The Hall–Kier alpha value is -1.11. The molecule has 1 fully saturated rings. The van der Waals surface area contributed by atoms with Gasteiger partial charge in [0.05, 0.1) is 11.8 Å². The molecular weight excluding hydrogens is 228 g/mol. The summed E-state index contributed by atoms with van der Waals surface area (Å²) in [6.07, 6.45) is -0.0916. The SMILES string of the molecule is Nc1ccccc1S(=O)(=O)N1CCC(O)C1. The molecule has 0 radical (unpaired) electrons. The summed E-state index contributed by atoms with van der Waals surface area (Å²) in [7, 11) is -3.55. The molecule has 1 aromatic rings. The van der Waals surface area contributed by atoms with Crippen LogP contribution in [-0.2, 0) is 10.0 Å². The third-order valence-corrected chi connectivity index (χ3v) is 4.60. The van der Waals surface area contributed by atoms with Crippen LogP contribution in [-0.4, -0.2) is 37.0 Å². The number of hydrogen-bond donors (Lipinski definition) is 2. The molecule has 1 atom stereocenters. The molecule has 1 unspecified atom stereocenters. The summed E-state index contributed by atoms with van der Waals surface area (Å²) in [6.45, 7) is 0.495. The van der Waals surface area contributed by atoms with E-state index in [4.69, 9.17) is 5.73 Å². The zero-order valence-electron chi connectivity index (χ0n) is 8.70. The van der Waals surface area contributed by atoms with Gasteiger partial charge in [-0.3, -0.25) is 0 Å². The molecule has 1 saturated heterocycles. The Kier molecular flexibility index (Phi) is 2.88. The lowest BCUT2D eigenvalue weighted by atomic mass is 10.3. The quantitative estimate of drug-likeness (QED) is 0.716. The van der Waals surface area contributed by atoms with Crippen LogP contribution in [0.3, 0.4) is 0 Å². The molecule has 16 heavy (non-hydrogen) atoms. The van der Waals surface area contributed by atoms with Crippen LogP contribution in [0.1, 0.15) is 6.42 Å². The standard InChI is InChI=1S/C10H14N2O3S/c11-9-3-1-2-4-10(9)16(14,15)12-6-5-8(13)7-12/h1-4,8,13H,5-7,11H2. The second kappa shape index (κ2) is 4.04. The molecule has 1 aliphatic heterocycles. The number of benzene rings is 1. The van der Waals surface area contributed by atoms with Crippen LogP contribution in [0, 0.1) is 0 Å². The lowest BCUT2D eigenvalue weighted by Gasteiger charge is -2.16. The van der Waals surface area contributed by atoms with E-state index in [2.05, 4.69) is 0 Å². The predicted octanol–water partition coefficient (Wildman–Crippen LogP) is 0.0241. The first-order valence-electron chi connectivity index (χ1n) is 5.04. The van der Waals surface area contributed by atoms with E-state index >= 15 is 0 Å². The Bertz CT molecular complexity index is 487. The average molecular weight is 242 g/mol. The summed E-state index contributed by atoms with van der Waals surface area (Å²) in [5.74, 6) is 0. The van der Waals surface area contributed by atoms with Gasteiger partial charge in [-0.05, 0) is 18.6 Å². The van der Waals surface area contributed by atoms with Gasteiger partial charge in [0.1, 0.15) is 4.90 Å². The van der Waals surface area contributed by atoms with Crippen LogP contribution >= 0.6 is 0 Å². The molecule has 0 aliphatic carbocycles. The van der Waals surface area contributed by atoms with E-state index in [0.717, 1.165) is 0 Å². The van der Waals surface area contributed by atoms with Crippen LogP contribution < -0.4 is 5.73 Å². The minimum Gasteiger partial charge on any atom is -0.398 e. The minimum atomic E-state index is -3.55. The molecule has 3 N–H and O–H groups in total. The van der Waals surface area contributed by atoms with Crippen LogP contribution in [0.25, 0.3) is 0 Å². The number of aliphatic hydroxyl groups is 1. The fourth-order valence-corrected chi connectivity index (χ4v) is 3.39. The van der Waals surface area contributed by atoms with Crippen molar-refractivity contribution in [3.05, 3.63) is 24.3 Å². The van der Waals surface area contributed by atoms with Gasteiger partial charge in [-0.1, -0.05) is 12.1 Å². The van der Waals surface area contributed by atoms with Crippen LogP contribution in [0.2, 0.25) is 0 Å². The average Bonchev–Trinajstić information content (AvgIpc) is 2.66. The number of para-hydroxylation sites is 1. The number of nitrogens with two attached hydrogens (primary N) is 1. The van der Waals surface area contributed by atoms with Crippen molar-refractivity contribution >= 4 is 15.7 Å². The highest BCUT2D eigenvalue weighted by molar-refractivity contribution is 7.89. The number of anilines is 1. The van der Waals surface area contributed by atoms with Crippen molar-refractivity contribution < 1.29 is 13.5 Å². The smallest absolute Gasteiger partial charge is 0.245 e. The Balaban J connectivity index is 2.36. The molecule has 6 heteroatoms. The summed E-state index contributed by atoms with van der Waals surface area (Å²) >= 11 is 0. The maximum Gasteiger partial charge on any atom is 0.245 e. The number of β-amino-alcohol motifs (C(OH)–C–C–N with tert-alkyl or cyclic N) is 1. The maximum absolute atomic E-state index is 12.1. The van der Waals surface area contributed by atoms with Crippen molar-refractivity contribution in [1.29, 1.82) is 0 Å². The maximum atomic E-state index is 12.1. The molecule has 1 aliphatic rings. The first-order valence-corrected chi connectivity index (χ1v) is 6.48. The first-order chi connectivity index (χ1) is 7.51. The monoisotopic (exact) mass is 242 g/mol. The lowest BCUT2D eigenvalue weighted by molar-refractivity contribution is 0.189. The third kappa shape index (κ3) is 1.91. The number of nitrogen functional groups attached to an aromatic ring is 1. The highest BCUT2D eigenvalue weighted by atomic mass is 32.2. The summed E-state index contributed by atoms with van der Waals surface area (Å²) in [5.41, 5.74) is 5.88. The molecule has 2 rings (SSSR count). The van der Waals surface area contributed by atoms with Crippen molar-refractivity contribution in [1.82, 2.24) is 4.31 Å². The number of rotatable bonds is 2. The van der Waals surface area contributed by atoms with Gasteiger partial charge in [0.25, 0.3) is 0 Å². The van der Waals surface area contributed by atoms with Crippen molar-refractivity contribution in [2.45, 2.75) is 17.4 Å². The molecule has 5 nitrogen and oxygen atoms in total. The fraction of sp³-hybridized carbons (Fsp3) is 0.400. The van der Waals surface area contributed by atoms with E-state index < -0.39 is 16.1 Å². The van der Waals surface area contributed by atoms with Crippen LogP contribution in [0.4, 0.5) is 5.69 Å². The zero-order valence-corrected chi connectivity index (χ0v) is 9.52. The van der Waals surface area contributed by atoms with E-state index in [1.165, 1.54) is 10.4 Å². The fourth-order valence-electron chi connectivity index (χ4n) is 1.78. The minimum absolute atomic E-state index is 0.115. The normalized spacial score (nSPS) is 22.4.